The van der Waals surface area contributed by atoms with Gasteiger partial charge in [0.25, 0.3) is 12.3 Å². The quantitative estimate of drug-likeness (QED) is 0.909. The van der Waals surface area contributed by atoms with Crippen LogP contribution >= 0.6 is 11.3 Å². The van der Waals surface area contributed by atoms with Crippen molar-refractivity contribution < 1.29 is 18.7 Å². The van der Waals surface area contributed by atoms with E-state index in [0.29, 0.717) is 31.1 Å². The van der Waals surface area contributed by atoms with Gasteiger partial charge in [-0.3, -0.25) is 9.69 Å². The Hall–Kier alpha value is -1.21. The van der Waals surface area contributed by atoms with Crippen LogP contribution in [0.3, 0.4) is 0 Å². The van der Waals surface area contributed by atoms with Crippen LogP contribution in [0.1, 0.15) is 9.67 Å². The van der Waals surface area contributed by atoms with Gasteiger partial charge in [-0.05, 0) is 0 Å². The van der Waals surface area contributed by atoms with E-state index in [2.05, 4.69) is 0 Å². The van der Waals surface area contributed by atoms with Crippen LogP contribution < -0.4 is 0 Å². The van der Waals surface area contributed by atoms with Crippen molar-refractivity contribution in [3.63, 3.8) is 0 Å². The molecule has 0 unspecified atom stereocenters. The number of amides is 1. The molecule has 0 aliphatic carbocycles. The molecule has 4 nitrogen and oxygen atoms in total. The highest BCUT2D eigenvalue weighted by Gasteiger charge is 2.24. The molecule has 1 saturated heterocycles. The molecule has 0 spiro atoms. The Morgan fingerprint density at radius 3 is 2.56 bits per heavy atom. The Morgan fingerprint density at radius 1 is 1.39 bits per heavy atom. The molecular formula is C11H14F2N2O2S. The topological polar surface area (TPSA) is 43.8 Å². The molecule has 7 heteroatoms. The Labute approximate surface area is 107 Å². The summed E-state index contributed by atoms with van der Waals surface area (Å²) in [6.07, 6.45) is -2.33. The van der Waals surface area contributed by atoms with Crippen molar-refractivity contribution in [1.29, 1.82) is 0 Å². The molecule has 1 aromatic rings. The maximum absolute atomic E-state index is 12.2. The summed E-state index contributed by atoms with van der Waals surface area (Å²) in [5, 5.41) is 10.7. The van der Waals surface area contributed by atoms with Gasteiger partial charge < -0.3 is 10.0 Å². The van der Waals surface area contributed by atoms with Crippen molar-refractivity contribution >= 4 is 17.2 Å². The second-order valence-corrected chi connectivity index (χ2v) is 5.06. The molecule has 100 valence electrons. The normalized spacial score (nSPS) is 17.4. The predicted octanol–water partition coefficient (Wildman–Crippen LogP) is 1.48. The second kappa shape index (κ2) is 5.62. The van der Waals surface area contributed by atoms with E-state index < -0.39 is 6.43 Å². The zero-order valence-electron chi connectivity index (χ0n) is 9.68. The van der Waals surface area contributed by atoms with E-state index in [4.69, 9.17) is 0 Å². The van der Waals surface area contributed by atoms with Gasteiger partial charge in [0.15, 0.2) is 0 Å². The molecule has 1 amide bonds. The molecule has 0 saturated carbocycles. The van der Waals surface area contributed by atoms with Gasteiger partial charge in [0.1, 0.15) is 5.75 Å². The summed E-state index contributed by atoms with van der Waals surface area (Å²) in [4.78, 5) is 15.8. The first kappa shape index (κ1) is 13.2. The fraction of sp³-hybridized carbons (Fsp3) is 0.545. The molecule has 1 aliphatic heterocycles. The van der Waals surface area contributed by atoms with Crippen LogP contribution in [0.4, 0.5) is 8.78 Å². The van der Waals surface area contributed by atoms with Gasteiger partial charge in [0.05, 0.1) is 11.4 Å². The molecule has 0 radical (unpaired) electrons. The first-order valence-corrected chi connectivity index (χ1v) is 6.51. The summed E-state index contributed by atoms with van der Waals surface area (Å²) >= 11 is 1.19. The number of carbonyl (C=O) groups is 1. The van der Waals surface area contributed by atoms with Gasteiger partial charge in [-0.1, -0.05) is 0 Å². The van der Waals surface area contributed by atoms with E-state index >= 15 is 0 Å². The second-order valence-electron chi connectivity index (χ2n) is 4.15. The van der Waals surface area contributed by atoms with E-state index in [1.54, 1.807) is 9.80 Å². The molecule has 0 atom stereocenters. The van der Waals surface area contributed by atoms with Crippen molar-refractivity contribution in [3.8, 4) is 5.75 Å². The number of aromatic hydroxyl groups is 1. The Balaban J connectivity index is 1.88. The summed E-state index contributed by atoms with van der Waals surface area (Å²) in [5.41, 5.74) is 0. The van der Waals surface area contributed by atoms with Crippen LogP contribution in [-0.2, 0) is 0 Å². The largest absolute Gasteiger partial charge is 0.507 e. The predicted molar refractivity (Wildman–Crippen MR) is 64.3 cm³/mol. The summed E-state index contributed by atoms with van der Waals surface area (Å²) in [6.45, 7) is 1.59. The number of nitrogens with zero attached hydrogens (tertiary/aromatic N) is 2. The lowest BCUT2D eigenvalue weighted by Crippen LogP contribution is -2.49. The highest BCUT2D eigenvalue weighted by atomic mass is 32.1. The Bertz CT molecular complexity index is 417. The van der Waals surface area contributed by atoms with Crippen molar-refractivity contribution in [2.24, 2.45) is 0 Å². The average molecular weight is 276 g/mol. The fourth-order valence-electron chi connectivity index (χ4n) is 1.92. The Morgan fingerprint density at radius 2 is 2.06 bits per heavy atom. The first-order valence-electron chi connectivity index (χ1n) is 5.63. The lowest BCUT2D eigenvalue weighted by atomic mass is 10.3. The standard InChI is InChI=1S/C11H14F2N2O2S/c12-10(13)6-14-1-3-15(4-2-14)11(17)9-5-8(16)7-18-9/h5,7,10,16H,1-4,6H2. The number of hydrogen-bond donors (Lipinski definition) is 1. The van der Waals surface area contributed by atoms with E-state index in [9.17, 15) is 18.7 Å². The monoisotopic (exact) mass is 276 g/mol. The molecule has 2 heterocycles. The van der Waals surface area contributed by atoms with Crippen LogP contribution in [0.25, 0.3) is 0 Å². The van der Waals surface area contributed by atoms with E-state index in [1.165, 1.54) is 22.8 Å². The zero-order chi connectivity index (χ0) is 13.1. The zero-order valence-corrected chi connectivity index (χ0v) is 10.5. The van der Waals surface area contributed by atoms with Gasteiger partial charge in [0.2, 0.25) is 0 Å². The SMILES string of the molecule is O=C(c1cc(O)cs1)N1CCN(CC(F)F)CC1. The third kappa shape index (κ3) is 3.17. The van der Waals surface area contributed by atoms with Crippen molar-refractivity contribution in [1.82, 2.24) is 9.80 Å². The molecule has 1 aliphatic rings. The summed E-state index contributed by atoms with van der Waals surface area (Å²) in [6, 6.07) is 1.43. The summed E-state index contributed by atoms with van der Waals surface area (Å²) in [5.74, 6) is -0.0586. The maximum atomic E-state index is 12.2. The van der Waals surface area contributed by atoms with Crippen LogP contribution in [0.5, 0.6) is 5.75 Å². The molecule has 18 heavy (non-hydrogen) atoms. The van der Waals surface area contributed by atoms with Crippen molar-refractivity contribution in [2.45, 2.75) is 6.43 Å². The highest BCUT2D eigenvalue weighted by Crippen LogP contribution is 2.22. The Kier molecular flexibility index (Phi) is 4.13. The minimum Gasteiger partial charge on any atom is -0.507 e. The third-order valence-corrected chi connectivity index (χ3v) is 3.76. The maximum Gasteiger partial charge on any atom is 0.264 e. The van der Waals surface area contributed by atoms with Gasteiger partial charge in [-0.2, -0.15) is 0 Å². The van der Waals surface area contributed by atoms with Crippen LogP contribution in [0.2, 0.25) is 0 Å². The molecule has 1 N–H and O–H groups in total. The summed E-state index contributed by atoms with van der Waals surface area (Å²) in [7, 11) is 0. The van der Waals surface area contributed by atoms with E-state index in [-0.39, 0.29) is 18.2 Å². The van der Waals surface area contributed by atoms with Crippen LogP contribution in [0, 0.1) is 0 Å². The lowest BCUT2D eigenvalue weighted by molar-refractivity contribution is 0.0462. The fourth-order valence-corrected chi connectivity index (χ4v) is 2.66. The molecule has 0 aromatic carbocycles. The molecule has 1 aromatic heterocycles. The minimum absolute atomic E-state index is 0.0830. The van der Waals surface area contributed by atoms with Gasteiger partial charge in [-0.25, -0.2) is 8.78 Å². The number of piperazine rings is 1. The van der Waals surface area contributed by atoms with Crippen LogP contribution in [0.15, 0.2) is 11.4 Å². The smallest absolute Gasteiger partial charge is 0.264 e. The highest BCUT2D eigenvalue weighted by molar-refractivity contribution is 7.12. The first-order chi connectivity index (χ1) is 8.56. The van der Waals surface area contributed by atoms with E-state index in [0.717, 1.165) is 0 Å². The molecule has 1 fully saturated rings. The molecule has 2 rings (SSSR count). The van der Waals surface area contributed by atoms with E-state index in [1.807, 2.05) is 0 Å². The number of rotatable bonds is 3. The third-order valence-electron chi connectivity index (χ3n) is 2.85. The average Bonchev–Trinajstić information content (AvgIpc) is 2.75. The number of hydrogen-bond acceptors (Lipinski definition) is 4. The molecule has 0 bridgehead atoms. The minimum atomic E-state index is -2.33. The number of alkyl halides is 2. The summed E-state index contributed by atoms with van der Waals surface area (Å²) < 4.78 is 24.4. The molecular weight excluding hydrogens is 262 g/mol. The van der Waals surface area contributed by atoms with Crippen LogP contribution in [-0.4, -0.2) is 60.0 Å². The number of halogens is 2. The number of thiophene rings is 1. The van der Waals surface area contributed by atoms with Gasteiger partial charge >= 0.3 is 0 Å². The van der Waals surface area contributed by atoms with Crippen molar-refractivity contribution in [3.05, 3.63) is 16.3 Å². The van der Waals surface area contributed by atoms with Gasteiger partial charge in [-0.15, -0.1) is 11.3 Å². The van der Waals surface area contributed by atoms with Crippen molar-refractivity contribution in [2.75, 3.05) is 32.7 Å². The number of carbonyl (C=O) groups excluding carboxylic acids is 1. The van der Waals surface area contributed by atoms with Gasteiger partial charge in [0, 0.05) is 37.6 Å². The lowest BCUT2D eigenvalue weighted by Gasteiger charge is -2.34.